The molecule has 0 amide bonds. The van der Waals surface area contributed by atoms with Gasteiger partial charge in [-0.1, -0.05) is 6.07 Å². The molecule has 0 aromatic carbocycles. The van der Waals surface area contributed by atoms with Crippen LogP contribution in [0.15, 0.2) is 23.3 Å². The van der Waals surface area contributed by atoms with Crippen molar-refractivity contribution < 1.29 is 4.74 Å². The van der Waals surface area contributed by atoms with Gasteiger partial charge in [0.05, 0.1) is 0 Å². The van der Waals surface area contributed by atoms with Crippen LogP contribution >= 0.6 is 24.0 Å². The number of hydrogen-bond acceptors (Lipinski definition) is 5. The Labute approximate surface area is 169 Å². The second-order valence-electron chi connectivity index (χ2n) is 5.88. The van der Waals surface area contributed by atoms with E-state index in [0.717, 1.165) is 50.0 Å². The van der Waals surface area contributed by atoms with Gasteiger partial charge in [0, 0.05) is 72.8 Å². The van der Waals surface area contributed by atoms with Crippen LogP contribution in [-0.2, 0) is 11.3 Å². The molecule has 25 heavy (non-hydrogen) atoms. The Kier molecular flexibility index (Phi) is 13.4. The van der Waals surface area contributed by atoms with Gasteiger partial charge in [0.25, 0.3) is 0 Å². The molecule has 7 nitrogen and oxygen atoms in total. The number of aromatic nitrogens is 1. The lowest BCUT2D eigenvalue weighted by Gasteiger charge is -2.19. The number of hydrogen-bond donors (Lipinski definition) is 2. The Morgan fingerprint density at radius 2 is 2.00 bits per heavy atom. The number of methoxy groups -OCH3 is 1. The zero-order valence-corrected chi connectivity index (χ0v) is 18.4. The molecule has 0 atom stereocenters. The van der Waals surface area contributed by atoms with E-state index in [9.17, 15) is 0 Å². The monoisotopic (exact) mass is 464 g/mol. The minimum Gasteiger partial charge on any atom is -0.385 e. The van der Waals surface area contributed by atoms with Crippen molar-refractivity contribution in [2.75, 3.05) is 66.4 Å². The number of anilines is 1. The fraction of sp³-hybridized carbons (Fsp3) is 0.647. The van der Waals surface area contributed by atoms with Gasteiger partial charge in [-0.2, -0.15) is 0 Å². The molecule has 0 saturated carbocycles. The first-order chi connectivity index (χ1) is 11.6. The van der Waals surface area contributed by atoms with Crippen LogP contribution in [0.5, 0.6) is 0 Å². The summed E-state index contributed by atoms with van der Waals surface area (Å²) in [7, 11) is 9.64. The van der Waals surface area contributed by atoms with E-state index in [1.165, 1.54) is 0 Å². The molecule has 8 heteroatoms. The Bertz CT molecular complexity index is 498. The molecule has 1 aromatic heterocycles. The molecule has 1 heterocycles. The van der Waals surface area contributed by atoms with Crippen molar-refractivity contribution in [2.45, 2.75) is 13.0 Å². The summed E-state index contributed by atoms with van der Waals surface area (Å²) in [5, 5.41) is 6.68. The van der Waals surface area contributed by atoms with Crippen molar-refractivity contribution in [3.05, 3.63) is 23.9 Å². The minimum atomic E-state index is 0. The number of rotatable bonds is 10. The number of pyridine rings is 1. The van der Waals surface area contributed by atoms with Crippen LogP contribution in [0.1, 0.15) is 12.0 Å². The van der Waals surface area contributed by atoms with Crippen molar-refractivity contribution >= 4 is 35.8 Å². The van der Waals surface area contributed by atoms with E-state index in [1.807, 2.05) is 31.3 Å². The molecular weight excluding hydrogens is 431 g/mol. The van der Waals surface area contributed by atoms with Crippen LogP contribution < -0.4 is 15.5 Å². The van der Waals surface area contributed by atoms with Gasteiger partial charge in [0.2, 0.25) is 0 Å². The minimum absolute atomic E-state index is 0. The topological polar surface area (TPSA) is 65.0 Å². The van der Waals surface area contributed by atoms with Crippen molar-refractivity contribution in [2.24, 2.45) is 4.99 Å². The van der Waals surface area contributed by atoms with E-state index in [0.29, 0.717) is 6.54 Å². The average molecular weight is 464 g/mol. The summed E-state index contributed by atoms with van der Waals surface area (Å²) in [6.07, 6.45) is 2.86. The molecule has 0 unspecified atom stereocenters. The molecule has 144 valence electrons. The van der Waals surface area contributed by atoms with Gasteiger partial charge in [0.1, 0.15) is 5.82 Å². The van der Waals surface area contributed by atoms with Gasteiger partial charge in [-0.3, -0.25) is 4.99 Å². The fourth-order valence-corrected chi connectivity index (χ4v) is 2.33. The lowest BCUT2D eigenvalue weighted by molar-refractivity contribution is 0.180. The highest BCUT2D eigenvalue weighted by atomic mass is 127. The highest BCUT2D eigenvalue weighted by Crippen LogP contribution is 2.13. The van der Waals surface area contributed by atoms with Crippen molar-refractivity contribution in [1.29, 1.82) is 0 Å². The predicted octanol–water partition coefficient (Wildman–Crippen LogP) is 1.40. The number of nitrogens with zero attached hydrogens (tertiary/aromatic N) is 4. The quantitative estimate of drug-likeness (QED) is 0.236. The third kappa shape index (κ3) is 9.81. The number of likely N-dealkylation sites (N-methyl/N-ethyl adjacent to an activating group) is 1. The summed E-state index contributed by atoms with van der Waals surface area (Å²) in [5.41, 5.74) is 1.14. The van der Waals surface area contributed by atoms with E-state index in [2.05, 4.69) is 38.6 Å². The zero-order valence-electron chi connectivity index (χ0n) is 16.1. The molecule has 0 aliphatic heterocycles. The Morgan fingerprint density at radius 1 is 1.24 bits per heavy atom. The molecule has 0 spiro atoms. The Balaban J connectivity index is 0.00000576. The zero-order chi connectivity index (χ0) is 17.8. The maximum atomic E-state index is 5.07. The van der Waals surface area contributed by atoms with E-state index in [1.54, 1.807) is 14.2 Å². The van der Waals surface area contributed by atoms with Crippen LogP contribution in [0.2, 0.25) is 0 Å². The first kappa shape index (κ1) is 23.9. The third-order valence-corrected chi connectivity index (χ3v) is 3.64. The van der Waals surface area contributed by atoms with Crippen LogP contribution in [0.4, 0.5) is 5.82 Å². The fourth-order valence-electron chi connectivity index (χ4n) is 2.33. The number of aliphatic imine (C=N–C) groups is 1. The standard InChI is InChI=1S/C17H32N6O.HI/c1-18-17(20-10-12-23(4)11-7-13-24-5)21-14-15-8-6-9-19-16(15)22(2)3;/h6,8-9H,7,10-14H2,1-5H3,(H2,18,20,21);1H. The molecule has 1 rings (SSSR count). The normalized spacial score (nSPS) is 11.2. The first-order valence-corrected chi connectivity index (χ1v) is 8.31. The van der Waals surface area contributed by atoms with Crippen molar-refractivity contribution in [3.63, 3.8) is 0 Å². The van der Waals surface area contributed by atoms with E-state index in [4.69, 9.17) is 4.74 Å². The predicted molar refractivity (Wildman–Crippen MR) is 116 cm³/mol. The van der Waals surface area contributed by atoms with Crippen molar-refractivity contribution in [1.82, 2.24) is 20.5 Å². The lowest BCUT2D eigenvalue weighted by atomic mass is 10.2. The van der Waals surface area contributed by atoms with Crippen molar-refractivity contribution in [3.8, 4) is 0 Å². The SMILES string of the molecule is CN=C(NCCN(C)CCCOC)NCc1cccnc1N(C)C.I. The molecular formula is C17H33IN6O. The second-order valence-corrected chi connectivity index (χ2v) is 5.88. The molecule has 0 fully saturated rings. The third-order valence-electron chi connectivity index (χ3n) is 3.64. The van der Waals surface area contributed by atoms with Gasteiger partial charge in [-0.15, -0.1) is 24.0 Å². The molecule has 0 bridgehead atoms. The second kappa shape index (κ2) is 14.1. The van der Waals surface area contributed by atoms with Crippen LogP contribution in [0, 0.1) is 0 Å². The highest BCUT2D eigenvalue weighted by molar-refractivity contribution is 14.0. The molecule has 2 N–H and O–H groups in total. The summed E-state index contributed by atoms with van der Waals surface area (Å²) in [4.78, 5) is 13.0. The molecule has 0 saturated heterocycles. The Hall–Kier alpha value is -1.13. The van der Waals surface area contributed by atoms with E-state index < -0.39 is 0 Å². The molecule has 0 radical (unpaired) electrons. The van der Waals surface area contributed by atoms with Gasteiger partial charge < -0.3 is 25.2 Å². The van der Waals surface area contributed by atoms with Crippen LogP contribution in [0.3, 0.4) is 0 Å². The summed E-state index contributed by atoms with van der Waals surface area (Å²) in [6, 6.07) is 4.03. The molecule has 1 aromatic rings. The summed E-state index contributed by atoms with van der Waals surface area (Å²) in [6.45, 7) is 4.32. The Morgan fingerprint density at radius 3 is 2.64 bits per heavy atom. The maximum Gasteiger partial charge on any atom is 0.191 e. The first-order valence-electron chi connectivity index (χ1n) is 8.31. The van der Waals surface area contributed by atoms with Crippen LogP contribution in [-0.4, -0.2) is 77.4 Å². The lowest BCUT2D eigenvalue weighted by Crippen LogP contribution is -2.41. The molecule has 0 aliphatic carbocycles. The maximum absolute atomic E-state index is 5.07. The summed E-state index contributed by atoms with van der Waals surface area (Å²) < 4.78 is 5.07. The number of guanidine groups is 1. The van der Waals surface area contributed by atoms with Gasteiger partial charge >= 0.3 is 0 Å². The largest absolute Gasteiger partial charge is 0.385 e. The van der Waals surface area contributed by atoms with E-state index >= 15 is 0 Å². The number of nitrogens with one attached hydrogen (secondary N) is 2. The van der Waals surface area contributed by atoms with Gasteiger partial charge in [-0.25, -0.2) is 4.98 Å². The number of halogens is 1. The summed E-state index contributed by atoms with van der Waals surface area (Å²) >= 11 is 0. The van der Waals surface area contributed by atoms with Gasteiger partial charge in [-0.05, 0) is 19.5 Å². The number of ether oxygens (including phenoxy) is 1. The van der Waals surface area contributed by atoms with Gasteiger partial charge in [0.15, 0.2) is 5.96 Å². The molecule has 0 aliphatic rings. The average Bonchev–Trinajstić information content (AvgIpc) is 2.58. The highest BCUT2D eigenvalue weighted by Gasteiger charge is 2.06. The smallest absolute Gasteiger partial charge is 0.191 e. The van der Waals surface area contributed by atoms with E-state index in [-0.39, 0.29) is 24.0 Å². The van der Waals surface area contributed by atoms with Crippen LogP contribution in [0.25, 0.3) is 0 Å². The summed E-state index contributed by atoms with van der Waals surface area (Å²) in [5.74, 6) is 1.77.